The molecule has 3 heteroatoms. The lowest BCUT2D eigenvalue weighted by Crippen LogP contribution is -2.31. The van der Waals surface area contributed by atoms with Gasteiger partial charge in [-0.1, -0.05) is 23.8 Å². The molecule has 0 spiro atoms. The van der Waals surface area contributed by atoms with E-state index in [1.54, 1.807) is 0 Å². The molecule has 2 heterocycles. The molecular formula is C17H21N3. The van der Waals surface area contributed by atoms with Crippen molar-refractivity contribution in [3.05, 3.63) is 58.2 Å². The predicted molar refractivity (Wildman–Crippen MR) is 80.5 cm³/mol. The lowest BCUT2D eigenvalue weighted by Gasteiger charge is -2.28. The van der Waals surface area contributed by atoms with Crippen molar-refractivity contribution in [1.82, 2.24) is 14.9 Å². The van der Waals surface area contributed by atoms with E-state index in [0.717, 1.165) is 31.9 Å². The maximum Gasteiger partial charge on any atom is 0.125 e. The van der Waals surface area contributed by atoms with Crippen LogP contribution in [0.5, 0.6) is 0 Å². The minimum absolute atomic E-state index is 0.881. The molecule has 0 amide bonds. The minimum Gasteiger partial charge on any atom is -0.294 e. The highest BCUT2D eigenvalue weighted by Gasteiger charge is 2.18. The Morgan fingerprint density at radius 2 is 2.05 bits per heavy atom. The van der Waals surface area contributed by atoms with Crippen LogP contribution in [-0.4, -0.2) is 21.4 Å². The van der Waals surface area contributed by atoms with Gasteiger partial charge < -0.3 is 0 Å². The van der Waals surface area contributed by atoms with E-state index in [0.29, 0.717) is 0 Å². The van der Waals surface area contributed by atoms with Crippen molar-refractivity contribution in [3.8, 4) is 0 Å². The molecule has 0 atom stereocenters. The average Bonchev–Trinajstić information content (AvgIpc) is 2.43. The SMILES string of the molecule is Cc1ccc(C)c(CN2CCc3nc(C)ncc3C2)c1. The normalized spacial score (nSPS) is 15.2. The van der Waals surface area contributed by atoms with Crippen molar-refractivity contribution in [1.29, 1.82) is 0 Å². The molecule has 2 aromatic rings. The number of aromatic nitrogens is 2. The summed E-state index contributed by atoms with van der Waals surface area (Å²) < 4.78 is 0. The average molecular weight is 267 g/mol. The van der Waals surface area contributed by atoms with Gasteiger partial charge in [-0.25, -0.2) is 9.97 Å². The molecule has 3 rings (SSSR count). The highest BCUT2D eigenvalue weighted by Crippen LogP contribution is 2.20. The second-order valence-corrected chi connectivity index (χ2v) is 5.78. The summed E-state index contributed by atoms with van der Waals surface area (Å²) in [6, 6.07) is 6.70. The molecule has 1 aromatic heterocycles. The van der Waals surface area contributed by atoms with E-state index < -0.39 is 0 Å². The highest BCUT2D eigenvalue weighted by atomic mass is 15.1. The number of nitrogens with zero attached hydrogens (tertiary/aromatic N) is 3. The topological polar surface area (TPSA) is 29.0 Å². The van der Waals surface area contributed by atoms with Crippen LogP contribution in [0.25, 0.3) is 0 Å². The molecule has 0 saturated carbocycles. The van der Waals surface area contributed by atoms with Gasteiger partial charge in [0.15, 0.2) is 0 Å². The molecule has 0 saturated heterocycles. The van der Waals surface area contributed by atoms with E-state index in [1.807, 2.05) is 13.1 Å². The summed E-state index contributed by atoms with van der Waals surface area (Å²) in [5.41, 5.74) is 6.66. The third-order valence-corrected chi connectivity index (χ3v) is 4.03. The summed E-state index contributed by atoms with van der Waals surface area (Å²) in [6.45, 7) is 9.37. The van der Waals surface area contributed by atoms with Crippen molar-refractivity contribution in [3.63, 3.8) is 0 Å². The van der Waals surface area contributed by atoms with Gasteiger partial charge in [0.1, 0.15) is 5.82 Å². The van der Waals surface area contributed by atoms with Crippen molar-refractivity contribution in [2.75, 3.05) is 6.54 Å². The van der Waals surface area contributed by atoms with Gasteiger partial charge in [-0.05, 0) is 31.9 Å². The quantitative estimate of drug-likeness (QED) is 0.837. The summed E-state index contributed by atoms with van der Waals surface area (Å²) >= 11 is 0. The van der Waals surface area contributed by atoms with Crippen molar-refractivity contribution < 1.29 is 0 Å². The summed E-state index contributed by atoms with van der Waals surface area (Å²) in [4.78, 5) is 11.4. The smallest absolute Gasteiger partial charge is 0.125 e. The zero-order valence-electron chi connectivity index (χ0n) is 12.5. The fourth-order valence-electron chi connectivity index (χ4n) is 2.82. The molecule has 1 aliphatic rings. The molecule has 1 aliphatic heterocycles. The van der Waals surface area contributed by atoms with Crippen LogP contribution in [0.3, 0.4) is 0 Å². The first kappa shape index (κ1) is 13.3. The van der Waals surface area contributed by atoms with E-state index >= 15 is 0 Å². The molecule has 0 radical (unpaired) electrons. The predicted octanol–water partition coefficient (Wildman–Crippen LogP) is 2.96. The van der Waals surface area contributed by atoms with E-state index in [1.165, 1.54) is 27.9 Å². The van der Waals surface area contributed by atoms with Crippen LogP contribution in [0.1, 0.15) is 33.8 Å². The Morgan fingerprint density at radius 1 is 1.20 bits per heavy atom. The van der Waals surface area contributed by atoms with Crippen LogP contribution in [-0.2, 0) is 19.5 Å². The molecule has 0 N–H and O–H groups in total. The van der Waals surface area contributed by atoms with Gasteiger partial charge in [0.2, 0.25) is 0 Å². The first-order valence-electron chi connectivity index (χ1n) is 7.22. The van der Waals surface area contributed by atoms with Crippen LogP contribution in [0, 0.1) is 20.8 Å². The van der Waals surface area contributed by atoms with Crippen molar-refractivity contribution in [2.45, 2.75) is 40.3 Å². The number of hydrogen-bond acceptors (Lipinski definition) is 3. The summed E-state index contributed by atoms with van der Waals surface area (Å²) in [6.07, 6.45) is 3.02. The highest BCUT2D eigenvalue weighted by molar-refractivity contribution is 5.31. The molecule has 0 fully saturated rings. The van der Waals surface area contributed by atoms with E-state index in [4.69, 9.17) is 0 Å². The lowest BCUT2D eigenvalue weighted by molar-refractivity contribution is 0.242. The van der Waals surface area contributed by atoms with Crippen molar-refractivity contribution in [2.24, 2.45) is 0 Å². The van der Waals surface area contributed by atoms with Gasteiger partial charge >= 0.3 is 0 Å². The summed E-state index contributed by atoms with van der Waals surface area (Å²) in [5.74, 6) is 0.881. The fraction of sp³-hybridized carbons (Fsp3) is 0.412. The molecule has 3 nitrogen and oxygen atoms in total. The minimum atomic E-state index is 0.881. The number of benzene rings is 1. The standard InChI is InChI=1S/C17H21N3/c1-12-4-5-13(2)15(8-12)10-20-7-6-17-16(11-20)9-18-14(3)19-17/h4-5,8-9H,6-7,10-11H2,1-3H3. The Bertz CT molecular complexity index is 634. The number of aryl methyl sites for hydroxylation is 3. The molecule has 0 bridgehead atoms. The third kappa shape index (κ3) is 2.73. The Balaban J connectivity index is 1.77. The first-order chi connectivity index (χ1) is 9.61. The van der Waals surface area contributed by atoms with Crippen LogP contribution in [0.15, 0.2) is 24.4 Å². The van der Waals surface area contributed by atoms with Crippen LogP contribution < -0.4 is 0 Å². The summed E-state index contributed by atoms with van der Waals surface area (Å²) in [5, 5.41) is 0. The Hall–Kier alpha value is -1.74. The van der Waals surface area contributed by atoms with E-state index in [-0.39, 0.29) is 0 Å². The summed E-state index contributed by atoms with van der Waals surface area (Å²) in [7, 11) is 0. The van der Waals surface area contributed by atoms with Gasteiger partial charge in [-0.3, -0.25) is 4.90 Å². The largest absolute Gasteiger partial charge is 0.294 e. The number of hydrogen-bond donors (Lipinski definition) is 0. The third-order valence-electron chi connectivity index (χ3n) is 4.03. The Morgan fingerprint density at radius 3 is 2.90 bits per heavy atom. The Labute approximate surface area is 120 Å². The lowest BCUT2D eigenvalue weighted by atomic mass is 10.0. The maximum atomic E-state index is 4.55. The van der Waals surface area contributed by atoms with E-state index in [9.17, 15) is 0 Å². The molecule has 0 aliphatic carbocycles. The second-order valence-electron chi connectivity index (χ2n) is 5.78. The second kappa shape index (κ2) is 5.33. The van der Waals surface area contributed by atoms with Gasteiger partial charge in [0.05, 0.1) is 0 Å². The van der Waals surface area contributed by atoms with Gasteiger partial charge in [0, 0.05) is 43.5 Å². The number of rotatable bonds is 2. The molecule has 0 unspecified atom stereocenters. The Kier molecular flexibility index (Phi) is 3.53. The number of fused-ring (bicyclic) bond motifs is 1. The van der Waals surface area contributed by atoms with Crippen LogP contribution in [0.4, 0.5) is 0 Å². The fourth-order valence-corrected chi connectivity index (χ4v) is 2.82. The van der Waals surface area contributed by atoms with Gasteiger partial charge in [0.25, 0.3) is 0 Å². The van der Waals surface area contributed by atoms with Crippen LogP contribution in [0.2, 0.25) is 0 Å². The zero-order valence-corrected chi connectivity index (χ0v) is 12.5. The molecule has 20 heavy (non-hydrogen) atoms. The van der Waals surface area contributed by atoms with Crippen molar-refractivity contribution >= 4 is 0 Å². The zero-order chi connectivity index (χ0) is 14.1. The monoisotopic (exact) mass is 267 g/mol. The van der Waals surface area contributed by atoms with Crippen LogP contribution >= 0.6 is 0 Å². The maximum absolute atomic E-state index is 4.55. The molecular weight excluding hydrogens is 246 g/mol. The first-order valence-corrected chi connectivity index (χ1v) is 7.22. The molecule has 1 aromatic carbocycles. The van der Waals surface area contributed by atoms with Gasteiger partial charge in [-0.2, -0.15) is 0 Å². The molecule has 104 valence electrons. The van der Waals surface area contributed by atoms with Gasteiger partial charge in [-0.15, -0.1) is 0 Å². The van der Waals surface area contributed by atoms with E-state index in [2.05, 4.69) is 46.9 Å².